The molecule has 0 radical (unpaired) electrons. The first-order valence-corrected chi connectivity index (χ1v) is 7.00. The first-order chi connectivity index (χ1) is 8.51. The van der Waals surface area contributed by atoms with Crippen LogP contribution in [0.2, 0.25) is 5.02 Å². The monoisotopic (exact) mass is 282 g/mol. The third kappa shape index (κ3) is 3.75. The number of sulfonamides is 1. The highest BCUT2D eigenvalue weighted by atomic mass is 35.5. The molecule has 0 bridgehead atoms. The molecule has 0 aliphatic rings. The lowest BCUT2D eigenvalue weighted by atomic mass is 10.2. The SMILES string of the molecule is C#CCCCNS(=O)(=O)c1cc(C#N)ccc1Cl. The highest BCUT2D eigenvalue weighted by molar-refractivity contribution is 7.89. The van der Waals surface area contributed by atoms with Gasteiger partial charge in [0.05, 0.1) is 16.7 Å². The number of halogens is 1. The quantitative estimate of drug-likeness (QED) is 0.662. The van der Waals surface area contributed by atoms with Gasteiger partial charge >= 0.3 is 0 Å². The third-order valence-corrected chi connectivity index (χ3v) is 4.08. The minimum absolute atomic E-state index is 0.0819. The van der Waals surface area contributed by atoms with Crippen molar-refractivity contribution in [2.75, 3.05) is 6.54 Å². The molecule has 0 unspecified atom stereocenters. The molecule has 0 fully saturated rings. The maximum atomic E-state index is 11.9. The molecule has 0 heterocycles. The summed E-state index contributed by atoms with van der Waals surface area (Å²) in [5, 5.41) is 8.82. The van der Waals surface area contributed by atoms with E-state index in [1.54, 1.807) is 0 Å². The second-order valence-corrected chi connectivity index (χ2v) is 5.61. The standard InChI is InChI=1S/C12H11ClN2O2S/c1-2-3-4-7-15-18(16,17)12-8-10(9-14)5-6-11(12)13/h1,5-6,8,15H,3-4,7H2. The van der Waals surface area contributed by atoms with Gasteiger partial charge in [-0.25, -0.2) is 13.1 Å². The molecule has 0 aromatic heterocycles. The predicted molar refractivity (Wildman–Crippen MR) is 69.4 cm³/mol. The van der Waals surface area contributed by atoms with E-state index < -0.39 is 10.0 Å². The fourth-order valence-electron chi connectivity index (χ4n) is 1.25. The summed E-state index contributed by atoms with van der Waals surface area (Å²) in [6.45, 7) is 0.236. The number of nitriles is 1. The Labute approximate surface area is 112 Å². The minimum Gasteiger partial charge on any atom is -0.211 e. The number of hydrogen-bond acceptors (Lipinski definition) is 3. The van der Waals surface area contributed by atoms with Gasteiger partial charge in [0.15, 0.2) is 0 Å². The molecular formula is C12H11ClN2O2S. The van der Waals surface area contributed by atoms with Crippen LogP contribution in [0.5, 0.6) is 0 Å². The summed E-state index contributed by atoms with van der Waals surface area (Å²) in [6, 6.07) is 5.95. The summed E-state index contributed by atoms with van der Waals surface area (Å²) in [7, 11) is -3.71. The molecule has 0 aliphatic carbocycles. The van der Waals surface area contributed by atoms with Crippen molar-refractivity contribution in [2.24, 2.45) is 0 Å². The van der Waals surface area contributed by atoms with Crippen LogP contribution in [0.15, 0.2) is 23.1 Å². The zero-order chi connectivity index (χ0) is 13.6. The molecule has 0 spiro atoms. The molecule has 18 heavy (non-hydrogen) atoms. The number of nitrogens with zero attached hydrogens (tertiary/aromatic N) is 1. The van der Waals surface area contributed by atoms with Gasteiger partial charge in [0.2, 0.25) is 10.0 Å². The molecule has 4 nitrogen and oxygen atoms in total. The predicted octanol–water partition coefficient (Wildman–Crippen LogP) is 1.90. The number of rotatable bonds is 5. The van der Waals surface area contributed by atoms with E-state index in [0.29, 0.717) is 12.8 Å². The van der Waals surface area contributed by atoms with Crippen LogP contribution in [0, 0.1) is 23.7 Å². The summed E-state index contributed by atoms with van der Waals surface area (Å²) >= 11 is 5.82. The zero-order valence-electron chi connectivity index (χ0n) is 9.48. The van der Waals surface area contributed by atoms with Crippen molar-refractivity contribution in [3.8, 4) is 18.4 Å². The van der Waals surface area contributed by atoms with Gasteiger partial charge in [0.25, 0.3) is 0 Å². The fourth-order valence-corrected chi connectivity index (χ4v) is 2.85. The zero-order valence-corrected chi connectivity index (χ0v) is 11.1. The van der Waals surface area contributed by atoms with Crippen LogP contribution in [-0.2, 0) is 10.0 Å². The Kier molecular flexibility index (Phi) is 5.18. The van der Waals surface area contributed by atoms with Gasteiger partial charge in [-0.15, -0.1) is 12.3 Å². The van der Waals surface area contributed by atoms with Crippen LogP contribution in [0.4, 0.5) is 0 Å². The van der Waals surface area contributed by atoms with Crippen molar-refractivity contribution in [3.63, 3.8) is 0 Å². The van der Waals surface area contributed by atoms with Crippen molar-refractivity contribution in [3.05, 3.63) is 28.8 Å². The van der Waals surface area contributed by atoms with Crippen molar-refractivity contribution in [1.29, 1.82) is 5.26 Å². The van der Waals surface area contributed by atoms with E-state index in [1.807, 2.05) is 6.07 Å². The second-order valence-electron chi connectivity index (χ2n) is 3.46. The van der Waals surface area contributed by atoms with Gasteiger partial charge in [-0.05, 0) is 24.6 Å². The first-order valence-electron chi connectivity index (χ1n) is 5.14. The molecule has 6 heteroatoms. The summed E-state index contributed by atoms with van der Waals surface area (Å²) in [5.41, 5.74) is 0.239. The van der Waals surface area contributed by atoms with Crippen LogP contribution < -0.4 is 4.72 Å². The Hall–Kier alpha value is -1.53. The number of terminal acetylenes is 1. The highest BCUT2D eigenvalue weighted by Crippen LogP contribution is 2.22. The van der Waals surface area contributed by atoms with E-state index in [4.69, 9.17) is 23.3 Å². The lowest BCUT2D eigenvalue weighted by Gasteiger charge is -2.07. The van der Waals surface area contributed by atoms with Crippen LogP contribution >= 0.6 is 11.6 Å². The Morgan fingerprint density at radius 1 is 1.44 bits per heavy atom. The van der Waals surface area contributed by atoms with Crippen LogP contribution in [0.25, 0.3) is 0 Å². The average Bonchev–Trinajstić information content (AvgIpc) is 2.35. The number of unbranched alkanes of at least 4 members (excludes halogenated alkanes) is 1. The smallest absolute Gasteiger partial charge is 0.211 e. The van der Waals surface area contributed by atoms with Crippen LogP contribution in [-0.4, -0.2) is 15.0 Å². The maximum Gasteiger partial charge on any atom is 0.242 e. The molecule has 1 aromatic carbocycles. The molecule has 1 aromatic rings. The van der Waals surface area contributed by atoms with Gasteiger partial charge in [-0.3, -0.25) is 0 Å². The Bertz CT molecular complexity index is 612. The summed E-state index contributed by atoms with van der Waals surface area (Å²) < 4.78 is 26.2. The van der Waals surface area contributed by atoms with Crippen molar-refractivity contribution >= 4 is 21.6 Å². The van der Waals surface area contributed by atoms with E-state index in [2.05, 4.69) is 10.6 Å². The highest BCUT2D eigenvalue weighted by Gasteiger charge is 2.17. The van der Waals surface area contributed by atoms with Gasteiger partial charge in [-0.1, -0.05) is 11.6 Å². The summed E-state index contributed by atoms with van der Waals surface area (Å²) in [4.78, 5) is -0.0936. The lowest BCUT2D eigenvalue weighted by Crippen LogP contribution is -2.25. The largest absolute Gasteiger partial charge is 0.242 e. The average molecular weight is 283 g/mol. The van der Waals surface area contributed by atoms with Gasteiger partial charge < -0.3 is 0 Å². The topological polar surface area (TPSA) is 70.0 Å². The van der Waals surface area contributed by atoms with Crippen molar-refractivity contribution < 1.29 is 8.42 Å². The second kappa shape index (κ2) is 6.42. The number of hydrogen-bond donors (Lipinski definition) is 1. The van der Waals surface area contributed by atoms with Crippen LogP contribution in [0.3, 0.4) is 0 Å². The fraction of sp³-hybridized carbons (Fsp3) is 0.250. The van der Waals surface area contributed by atoms with Gasteiger partial charge in [0, 0.05) is 13.0 Å². The van der Waals surface area contributed by atoms with Gasteiger partial charge in [-0.2, -0.15) is 5.26 Å². The van der Waals surface area contributed by atoms with Crippen molar-refractivity contribution in [2.45, 2.75) is 17.7 Å². The van der Waals surface area contributed by atoms with E-state index in [-0.39, 0.29) is 22.0 Å². The third-order valence-electron chi connectivity index (χ3n) is 2.14. The Morgan fingerprint density at radius 2 is 2.17 bits per heavy atom. The first kappa shape index (κ1) is 14.5. The van der Waals surface area contributed by atoms with E-state index in [1.165, 1.54) is 18.2 Å². The Balaban J connectivity index is 2.92. The van der Waals surface area contributed by atoms with Crippen molar-refractivity contribution in [1.82, 2.24) is 4.72 Å². The van der Waals surface area contributed by atoms with E-state index in [0.717, 1.165) is 0 Å². The molecule has 0 aliphatic heterocycles. The van der Waals surface area contributed by atoms with E-state index >= 15 is 0 Å². The molecule has 0 saturated heterocycles. The van der Waals surface area contributed by atoms with E-state index in [9.17, 15) is 8.42 Å². The number of benzene rings is 1. The number of nitrogens with one attached hydrogen (secondary N) is 1. The summed E-state index contributed by atoms with van der Waals surface area (Å²) in [6.07, 6.45) is 6.11. The molecule has 1 rings (SSSR count). The summed E-state index contributed by atoms with van der Waals surface area (Å²) in [5.74, 6) is 2.42. The lowest BCUT2D eigenvalue weighted by molar-refractivity contribution is 0.579. The van der Waals surface area contributed by atoms with Crippen LogP contribution in [0.1, 0.15) is 18.4 Å². The minimum atomic E-state index is -3.71. The molecule has 1 N–H and O–H groups in total. The Morgan fingerprint density at radius 3 is 2.78 bits per heavy atom. The molecule has 94 valence electrons. The molecule has 0 amide bonds. The normalized spacial score (nSPS) is 10.6. The van der Waals surface area contributed by atoms with Gasteiger partial charge in [0.1, 0.15) is 4.90 Å². The molecule has 0 saturated carbocycles. The molecule has 0 atom stereocenters. The maximum absolute atomic E-state index is 11.9. The molecular weight excluding hydrogens is 272 g/mol.